The third kappa shape index (κ3) is 4.95. The molecule has 0 radical (unpaired) electrons. The van der Waals surface area contributed by atoms with Gasteiger partial charge in [-0.25, -0.2) is 0 Å². The lowest BCUT2D eigenvalue weighted by atomic mass is 10.1. The molecule has 0 bridgehead atoms. The summed E-state index contributed by atoms with van der Waals surface area (Å²) >= 11 is 0. The van der Waals surface area contributed by atoms with Crippen molar-refractivity contribution < 1.29 is 28.8 Å². The highest BCUT2D eigenvalue weighted by molar-refractivity contribution is 5.96. The Hall–Kier alpha value is -2.97. The van der Waals surface area contributed by atoms with Crippen molar-refractivity contribution in [2.24, 2.45) is 0 Å². The van der Waals surface area contributed by atoms with Crippen LogP contribution in [0.1, 0.15) is 24.2 Å². The van der Waals surface area contributed by atoms with E-state index in [-0.39, 0.29) is 48.5 Å². The van der Waals surface area contributed by atoms with Crippen LogP contribution in [0.3, 0.4) is 0 Å². The van der Waals surface area contributed by atoms with Crippen LogP contribution in [0.2, 0.25) is 0 Å². The number of hydrogen-bond acceptors (Lipinski definition) is 7. The topological polar surface area (TPSA) is 103 Å². The predicted molar refractivity (Wildman–Crippen MR) is 112 cm³/mol. The molecule has 8 heteroatoms. The Morgan fingerprint density at radius 1 is 1.17 bits per heavy atom. The summed E-state index contributed by atoms with van der Waals surface area (Å²) in [7, 11) is 1.54. The van der Waals surface area contributed by atoms with E-state index in [4.69, 9.17) is 24.7 Å². The Balaban J connectivity index is 1.93. The number of ether oxygens (including phenoxy) is 4. The van der Waals surface area contributed by atoms with Gasteiger partial charge in [-0.05, 0) is 38.1 Å². The first-order valence-electron chi connectivity index (χ1n) is 9.85. The number of aliphatic hydroxyl groups excluding tert-OH is 1. The normalized spacial score (nSPS) is 18.7. The molecule has 0 saturated carbocycles. The molecular weight excluding hydrogens is 388 g/mol. The fourth-order valence-electron chi connectivity index (χ4n) is 3.46. The van der Waals surface area contributed by atoms with E-state index in [1.54, 1.807) is 42.3 Å². The van der Waals surface area contributed by atoms with Crippen LogP contribution >= 0.6 is 0 Å². The minimum absolute atomic E-state index is 0.0327. The van der Waals surface area contributed by atoms with Crippen molar-refractivity contribution in [2.75, 3.05) is 39.1 Å². The quantitative estimate of drug-likeness (QED) is 0.669. The summed E-state index contributed by atoms with van der Waals surface area (Å²) in [6, 6.07) is 10.3. The van der Waals surface area contributed by atoms with Gasteiger partial charge in [0, 0.05) is 18.7 Å². The third-order valence-electron chi connectivity index (χ3n) is 4.67. The summed E-state index contributed by atoms with van der Waals surface area (Å²) < 4.78 is 22.6. The number of nitrogens with zero attached hydrogens (tertiary/aromatic N) is 1. The molecule has 30 heavy (non-hydrogen) atoms. The number of nitrogen functional groups attached to an aromatic ring is 1. The number of amides is 1. The smallest absolute Gasteiger partial charge is 0.254 e. The van der Waals surface area contributed by atoms with E-state index in [1.165, 1.54) is 0 Å². The van der Waals surface area contributed by atoms with Crippen molar-refractivity contribution in [3.05, 3.63) is 42.0 Å². The molecule has 1 aliphatic heterocycles. The summed E-state index contributed by atoms with van der Waals surface area (Å²) in [5, 5.41) is 9.19. The van der Waals surface area contributed by atoms with Crippen LogP contribution in [-0.4, -0.2) is 61.5 Å². The van der Waals surface area contributed by atoms with Gasteiger partial charge < -0.3 is 34.7 Å². The average Bonchev–Trinajstić information content (AvgIpc) is 2.73. The Bertz CT molecular complexity index is 878. The SMILES string of the molecule is COc1ccccc1Oc1c(N)cc(C(=O)N2CC(C)OC(C)C2)cc1OCCO. The van der Waals surface area contributed by atoms with E-state index >= 15 is 0 Å². The average molecular weight is 416 g/mol. The molecule has 2 unspecified atom stereocenters. The molecule has 0 aromatic heterocycles. The molecule has 1 aliphatic rings. The molecule has 1 amide bonds. The number of benzene rings is 2. The zero-order valence-electron chi connectivity index (χ0n) is 17.5. The van der Waals surface area contributed by atoms with Crippen molar-refractivity contribution in [2.45, 2.75) is 26.1 Å². The summed E-state index contributed by atoms with van der Waals surface area (Å²) in [5.41, 5.74) is 6.88. The number of methoxy groups -OCH3 is 1. The fourth-order valence-corrected chi connectivity index (χ4v) is 3.46. The van der Waals surface area contributed by atoms with E-state index in [9.17, 15) is 9.90 Å². The molecular formula is C22H28N2O6. The van der Waals surface area contributed by atoms with Gasteiger partial charge in [-0.1, -0.05) is 12.1 Å². The van der Waals surface area contributed by atoms with Crippen LogP contribution in [0.15, 0.2) is 36.4 Å². The van der Waals surface area contributed by atoms with Crippen molar-refractivity contribution in [3.8, 4) is 23.0 Å². The van der Waals surface area contributed by atoms with Gasteiger partial charge in [-0.3, -0.25) is 4.79 Å². The molecule has 0 aliphatic carbocycles. The summed E-state index contributed by atoms with van der Waals surface area (Å²) in [5.74, 6) is 1.35. The molecule has 162 valence electrons. The van der Waals surface area contributed by atoms with Gasteiger partial charge in [-0.2, -0.15) is 0 Å². The van der Waals surface area contributed by atoms with E-state index in [2.05, 4.69) is 0 Å². The number of nitrogens with two attached hydrogens (primary N) is 1. The second-order valence-electron chi connectivity index (χ2n) is 7.19. The standard InChI is InChI=1S/C22H28N2O6/c1-14-12-24(13-15(2)29-14)22(26)16-10-17(23)21(20(11-16)28-9-8-25)30-19-7-5-4-6-18(19)27-3/h4-7,10-11,14-15,25H,8-9,12-13,23H2,1-3H3. The number of rotatable bonds is 7. The van der Waals surface area contributed by atoms with Gasteiger partial charge in [0.2, 0.25) is 0 Å². The lowest BCUT2D eigenvalue weighted by molar-refractivity contribution is -0.0586. The Morgan fingerprint density at radius 2 is 1.83 bits per heavy atom. The largest absolute Gasteiger partial charge is 0.493 e. The Morgan fingerprint density at radius 3 is 2.47 bits per heavy atom. The molecule has 1 heterocycles. The number of aliphatic hydroxyl groups is 1. The molecule has 2 atom stereocenters. The Kier molecular flexibility index (Phi) is 7.02. The maximum absolute atomic E-state index is 13.1. The van der Waals surface area contributed by atoms with Crippen molar-refractivity contribution in [1.29, 1.82) is 0 Å². The van der Waals surface area contributed by atoms with Gasteiger partial charge in [-0.15, -0.1) is 0 Å². The number of carbonyl (C=O) groups excluding carboxylic acids is 1. The lowest BCUT2D eigenvalue weighted by Gasteiger charge is -2.35. The van der Waals surface area contributed by atoms with Gasteiger partial charge in [0.05, 0.1) is 31.6 Å². The van der Waals surface area contributed by atoms with Gasteiger partial charge in [0.25, 0.3) is 5.91 Å². The molecule has 8 nitrogen and oxygen atoms in total. The number of morpholine rings is 1. The zero-order valence-corrected chi connectivity index (χ0v) is 17.5. The minimum Gasteiger partial charge on any atom is -0.493 e. The van der Waals surface area contributed by atoms with Crippen LogP contribution in [0.25, 0.3) is 0 Å². The molecule has 1 saturated heterocycles. The van der Waals surface area contributed by atoms with Crippen LogP contribution in [-0.2, 0) is 4.74 Å². The molecule has 1 fully saturated rings. The summed E-state index contributed by atoms with van der Waals surface area (Å²) in [6.45, 7) is 4.70. The van der Waals surface area contributed by atoms with Gasteiger partial charge in [0.1, 0.15) is 6.61 Å². The summed E-state index contributed by atoms with van der Waals surface area (Å²) in [4.78, 5) is 14.8. The van der Waals surface area contributed by atoms with Gasteiger partial charge in [0.15, 0.2) is 23.0 Å². The minimum atomic E-state index is -0.190. The first-order valence-corrected chi connectivity index (χ1v) is 9.85. The lowest BCUT2D eigenvalue weighted by Crippen LogP contribution is -2.48. The highest BCUT2D eigenvalue weighted by Gasteiger charge is 2.28. The Labute approximate surface area is 176 Å². The number of anilines is 1. The molecule has 2 aromatic carbocycles. The van der Waals surface area contributed by atoms with E-state index in [0.717, 1.165) is 0 Å². The zero-order chi connectivity index (χ0) is 21.7. The van der Waals surface area contributed by atoms with Crippen molar-refractivity contribution >= 4 is 11.6 Å². The number of hydrogen-bond donors (Lipinski definition) is 2. The van der Waals surface area contributed by atoms with Crippen LogP contribution < -0.4 is 19.9 Å². The summed E-state index contributed by atoms with van der Waals surface area (Å²) in [6.07, 6.45) is -0.0957. The highest BCUT2D eigenvalue weighted by atomic mass is 16.5. The maximum atomic E-state index is 13.1. The molecule has 3 rings (SSSR count). The molecule has 2 aromatic rings. The van der Waals surface area contributed by atoms with Gasteiger partial charge >= 0.3 is 0 Å². The van der Waals surface area contributed by atoms with Crippen molar-refractivity contribution in [3.63, 3.8) is 0 Å². The van der Waals surface area contributed by atoms with E-state index < -0.39 is 0 Å². The third-order valence-corrected chi connectivity index (χ3v) is 4.67. The predicted octanol–water partition coefficient (Wildman–Crippen LogP) is 2.69. The van der Waals surface area contributed by atoms with Crippen LogP contribution in [0, 0.1) is 0 Å². The number of carbonyl (C=O) groups is 1. The van der Waals surface area contributed by atoms with Crippen LogP contribution in [0.4, 0.5) is 5.69 Å². The molecule has 0 spiro atoms. The second-order valence-corrected chi connectivity index (χ2v) is 7.19. The fraction of sp³-hybridized carbons (Fsp3) is 0.409. The maximum Gasteiger partial charge on any atom is 0.254 e. The molecule has 3 N–H and O–H groups in total. The monoisotopic (exact) mass is 416 g/mol. The highest BCUT2D eigenvalue weighted by Crippen LogP contribution is 2.41. The van der Waals surface area contributed by atoms with Crippen molar-refractivity contribution in [1.82, 2.24) is 4.90 Å². The van der Waals surface area contributed by atoms with E-state index in [1.807, 2.05) is 19.9 Å². The van der Waals surface area contributed by atoms with E-state index in [0.29, 0.717) is 30.2 Å². The number of para-hydroxylation sites is 2. The second kappa shape index (κ2) is 9.69. The first kappa shape index (κ1) is 21.7. The first-order chi connectivity index (χ1) is 14.4. The van der Waals surface area contributed by atoms with Crippen LogP contribution in [0.5, 0.6) is 23.0 Å².